The van der Waals surface area contributed by atoms with Crippen LogP contribution in [0.3, 0.4) is 0 Å². The second-order valence-corrected chi connectivity index (χ2v) is 5.57. The summed E-state index contributed by atoms with van der Waals surface area (Å²) >= 11 is 6.30. The topological polar surface area (TPSA) is 76.6 Å². The summed E-state index contributed by atoms with van der Waals surface area (Å²) in [5, 5.41) is 10.5. The van der Waals surface area contributed by atoms with Crippen LogP contribution in [0.5, 0.6) is 0 Å². The monoisotopic (exact) mass is 322 g/mol. The minimum Gasteiger partial charge on any atom is -0.401 e. The molecular weight excluding hydrogens is 312 g/mol. The van der Waals surface area contributed by atoms with Crippen LogP contribution < -0.4 is 0 Å². The Morgan fingerprint density at radius 2 is 2.29 bits per heavy atom. The molecule has 2 rings (SSSR count). The molecule has 1 fully saturated rings. The fourth-order valence-corrected chi connectivity index (χ4v) is 2.79. The average Bonchev–Trinajstić information content (AvgIpc) is 3.00. The van der Waals surface area contributed by atoms with Crippen molar-refractivity contribution in [3.63, 3.8) is 0 Å². The van der Waals surface area contributed by atoms with Gasteiger partial charge in [-0.1, -0.05) is 36.1 Å². The summed E-state index contributed by atoms with van der Waals surface area (Å²) in [6, 6.07) is 2.74. The van der Waals surface area contributed by atoms with Gasteiger partial charge in [0.2, 0.25) is 0 Å². The summed E-state index contributed by atoms with van der Waals surface area (Å²) in [5.74, 6) is -0.175. The maximum atomic E-state index is 12.0. The molecule has 2 heterocycles. The van der Waals surface area contributed by atoms with E-state index in [0.29, 0.717) is 21.5 Å². The van der Waals surface area contributed by atoms with Crippen LogP contribution in [-0.4, -0.2) is 26.6 Å². The molecule has 0 bridgehead atoms. The molecule has 0 saturated carbocycles. The molecule has 0 aliphatic carbocycles. The SMILES string of the molecule is C=CCN1C(=O)/C(=C\C=C\c2ccc([N+](=O)[O-])o2)SC1=S. The zero-order valence-corrected chi connectivity index (χ0v) is 12.4. The van der Waals surface area contributed by atoms with Gasteiger partial charge >= 0.3 is 5.88 Å². The Hall–Kier alpha value is -2.19. The number of thioether (sulfide) groups is 1. The Labute approximate surface area is 129 Å². The maximum absolute atomic E-state index is 12.0. The molecule has 1 saturated heterocycles. The summed E-state index contributed by atoms with van der Waals surface area (Å²) in [4.78, 5) is 23.8. The van der Waals surface area contributed by atoms with E-state index in [0.717, 1.165) is 0 Å². The van der Waals surface area contributed by atoms with E-state index in [-0.39, 0.29) is 11.8 Å². The number of furan rings is 1. The Kier molecular flexibility index (Phi) is 4.71. The molecule has 6 nitrogen and oxygen atoms in total. The van der Waals surface area contributed by atoms with Gasteiger partial charge in [-0.15, -0.1) is 6.58 Å². The number of nitro groups is 1. The second kappa shape index (κ2) is 6.51. The van der Waals surface area contributed by atoms with Crippen LogP contribution in [-0.2, 0) is 4.79 Å². The highest BCUT2D eigenvalue weighted by Gasteiger charge is 2.30. The van der Waals surface area contributed by atoms with Crippen molar-refractivity contribution in [3.8, 4) is 0 Å². The first-order valence-electron chi connectivity index (χ1n) is 5.80. The second-order valence-electron chi connectivity index (χ2n) is 3.90. The zero-order chi connectivity index (χ0) is 15.4. The third kappa shape index (κ3) is 3.47. The predicted molar refractivity (Wildman–Crippen MR) is 84.6 cm³/mol. The summed E-state index contributed by atoms with van der Waals surface area (Å²) in [6.45, 7) is 3.94. The van der Waals surface area contributed by atoms with Gasteiger partial charge in [-0.3, -0.25) is 19.8 Å². The number of carbonyl (C=O) groups is 1. The Morgan fingerprint density at radius 3 is 2.90 bits per heavy atom. The fraction of sp³-hybridized carbons (Fsp3) is 0.0769. The van der Waals surface area contributed by atoms with Crippen molar-refractivity contribution in [2.24, 2.45) is 0 Å². The molecule has 1 amide bonds. The van der Waals surface area contributed by atoms with E-state index in [1.807, 2.05) is 0 Å². The van der Waals surface area contributed by atoms with E-state index in [1.165, 1.54) is 34.9 Å². The zero-order valence-electron chi connectivity index (χ0n) is 10.7. The van der Waals surface area contributed by atoms with Crippen LogP contribution in [0.15, 0.2) is 46.3 Å². The van der Waals surface area contributed by atoms with Crippen molar-refractivity contribution in [1.29, 1.82) is 0 Å². The van der Waals surface area contributed by atoms with Crippen LogP contribution in [0.2, 0.25) is 0 Å². The predicted octanol–water partition coefficient (Wildman–Crippen LogP) is 3.13. The van der Waals surface area contributed by atoms with E-state index < -0.39 is 4.92 Å². The first-order valence-corrected chi connectivity index (χ1v) is 7.02. The highest BCUT2D eigenvalue weighted by molar-refractivity contribution is 8.26. The average molecular weight is 322 g/mol. The molecule has 0 spiro atoms. The molecule has 8 heteroatoms. The van der Waals surface area contributed by atoms with E-state index in [9.17, 15) is 14.9 Å². The van der Waals surface area contributed by atoms with E-state index in [4.69, 9.17) is 16.6 Å². The summed E-state index contributed by atoms with van der Waals surface area (Å²) in [7, 11) is 0. The molecule has 0 radical (unpaired) electrons. The van der Waals surface area contributed by atoms with Gasteiger partial charge < -0.3 is 4.42 Å². The molecule has 0 aromatic carbocycles. The summed E-state index contributed by atoms with van der Waals surface area (Å²) in [6.07, 6.45) is 6.32. The third-order valence-electron chi connectivity index (χ3n) is 2.49. The Bertz CT molecular complexity index is 675. The van der Waals surface area contributed by atoms with E-state index in [2.05, 4.69) is 6.58 Å². The lowest BCUT2D eigenvalue weighted by atomic mass is 10.3. The van der Waals surface area contributed by atoms with Crippen LogP contribution in [0.1, 0.15) is 5.76 Å². The molecule has 1 aromatic rings. The first-order chi connectivity index (χ1) is 10.0. The molecule has 108 valence electrons. The van der Waals surface area contributed by atoms with Gasteiger partial charge in [0.1, 0.15) is 15.0 Å². The molecule has 0 unspecified atom stereocenters. The molecule has 0 atom stereocenters. The van der Waals surface area contributed by atoms with Crippen molar-refractivity contribution in [3.05, 3.63) is 57.7 Å². The van der Waals surface area contributed by atoms with Gasteiger partial charge in [0.05, 0.1) is 11.0 Å². The lowest BCUT2D eigenvalue weighted by Gasteiger charge is -2.10. The summed E-state index contributed by atoms with van der Waals surface area (Å²) in [5.41, 5.74) is 0. The van der Waals surface area contributed by atoms with Gasteiger partial charge in [0.25, 0.3) is 5.91 Å². The number of hydrogen-bond acceptors (Lipinski definition) is 6. The molecule has 1 aromatic heterocycles. The first kappa shape index (κ1) is 15.2. The van der Waals surface area contributed by atoms with Crippen molar-refractivity contribution >= 4 is 46.2 Å². The van der Waals surface area contributed by atoms with Gasteiger partial charge in [-0.05, 0) is 18.2 Å². The van der Waals surface area contributed by atoms with Gasteiger partial charge in [0.15, 0.2) is 0 Å². The minimum absolute atomic E-state index is 0.181. The normalized spacial score (nSPS) is 17.1. The lowest BCUT2D eigenvalue weighted by molar-refractivity contribution is -0.402. The number of hydrogen-bond donors (Lipinski definition) is 0. The van der Waals surface area contributed by atoms with Crippen LogP contribution >= 0.6 is 24.0 Å². The van der Waals surface area contributed by atoms with Crippen molar-refractivity contribution in [2.45, 2.75) is 0 Å². The standard InChI is InChI=1S/C13H10N2O4S2/c1-2-8-14-12(16)10(21-13(14)20)5-3-4-9-6-7-11(19-9)15(17)18/h2-7H,1,8H2/b4-3+,10-5+. The molecule has 1 aliphatic rings. The van der Waals surface area contributed by atoms with Crippen LogP contribution in [0.4, 0.5) is 5.88 Å². The number of carbonyl (C=O) groups excluding carboxylic acids is 1. The molecule has 0 N–H and O–H groups in total. The smallest absolute Gasteiger partial charge is 0.401 e. The number of rotatable bonds is 5. The van der Waals surface area contributed by atoms with Gasteiger partial charge in [-0.25, -0.2) is 0 Å². The van der Waals surface area contributed by atoms with Crippen molar-refractivity contribution < 1.29 is 14.1 Å². The van der Waals surface area contributed by atoms with E-state index >= 15 is 0 Å². The van der Waals surface area contributed by atoms with Crippen LogP contribution in [0, 0.1) is 10.1 Å². The highest BCUT2D eigenvalue weighted by atomic mass is 32.2. The number of nitrogens with zero attached hydrogens (tertiary/aromatic N) is 2. The van der Waals surface area contributed by atoms with E-state index in [1.54, 1.807) is 18.2 Å². The fourth-order valence-electron chi connectivity index (χ4n) is 1.56. The van der Waals surface area contributed by atoms with Crippen molar-refractivity contribution in [1.82, 2.24) is 4.90 Å². The summed E-state index contributed by atoms with van der Waals surface area (Å²) < 4.78 is 5.44. The van der Waals surface area contributed by atoms with Gasteiger partial charge in [0, 0.05) is 6.54 Å². The number of thiocarbonyl (C=S) groups is 1. The maximum Gasteiger partial charge on any atom is 0.433 e. The quantitative estimate of drug-likeness (QED) is 0.272. The van der Waals surface area contributed by atoms with Gasteiger partial charge in [-0.2, -0.15) is 0 Å². The highest BCUT2D eigenvalue weighted by Crippen LogP contribution is 2.30. The molecular formula is C13H10N2O4S2. The Morgan fingerprint density at radius 1 is 1.52 bits per heavy atom. The lowest BCUT2D eigenvalue weighted by Crippen LogP contribution is -2.27. The Balaban J connectivity index is 2.08. The minimum atomic E-state index is -0.613. The van der Waals surface area contributed by atoms with Crippen molar-refractivity contribution in [2.75, 3.05) is 6.54 Å². The number of amides is 1. The largest absolute Gasteiger partial charge is 0.433 e. The molecule has 1 aliphatic heterocycles. The third-order valence-corrected chi connectivity index (χ3v) is 3.88. The molecule has 21 heavy (non-hydrogen) atoms. The van der Waals surface area contributed by atoms with Crippen LogP contribution in [0.25, 0.3) is 6.08 Å². The number of allylic oxidation sites excluding steroid dienone is 2.